The Balaban J connectivity index is 2.49. The number of benzene rings is 2. The highest BCUT2D eigenvalue weighted by molar-refractivity contribution is 5.78. The number of halogens is 1. The van der Waals surface area contributed by atoms with Gasteiger partial charge in [0.15, 0.2) is 0 Å². The van der Waals surface area contributed by atoms with Crippen molar-refractivity contribution in [3.05, 3.63) is 59.9 Å². The zero-order valence-corrected chi connectivity index (χ0v) is 7.98. The zero-order valence-electron chi connectivity index (χ0n) is 7.98. The summed E-state index contributed by atoms with van der Waals surface area (Å²) in [5.41, 5.74) is 2.22. The van der Waals surface area contributed by atoms with Gasteiger partial charge in [-0.05, 0) is 29.3 Å². The molecule has 0 amide bonds. The average Bonchev–Trinajstić information content (AvgIpc) is 2.29. The van der Waals surface area contributed by atoms with E-state index in [0.717, 1.165) is 17.4 Å². The van der Waals surface area contributed by atoms with Gasteiger partial charge >= 0.3 is 0 Å². The summed E-state index contributed by atoms with van der Waals surface area (Å²) in [6.07, 6.45) is 0.781. The van der Waals surface area contributed by atoms with Crippen molar-refractivity contribution in [3.8, 4) is 11.1 Å². The van der Waals surface area contributed by atoms with Gasteiger partial charge < -0.3 is 0 Å². The Morgan fingerprint density at radius 1 is 0.933 bits per heavy atom. The van der Waals surface area contributed by atoms with E-state index >= 15 is 0 Å². The quantitative estimate of drug-likeness (QED) is 0.680. The molecule has 1 nitrogen and oxygen atoms in total. The maximum atomic E-state index is 13.0. The highest BCUT2D eigenvalue weighted by Crippen LogP contribution is 2.20. The van der Waals surface area contributed by atoms with Crippen LogP contribution in [-0.4, -0.2) is 6.29 Å². The van der Waals surface area contributed by atoms with E-state index in [0.29, 0.717) is 5.56 Å². The van der Waals surface area contributed by atoms with E-state index in [1.54, 1.807) is 24.3 Å². The Bertz CT molecular complexity index is 491. The Hall–Kier alpha value is -1.96. The number of hydrogen-bond donors (Lipinski definition) is 0. The van der Waals surface area contributed by atoms with Gasteiger partial charge in [-0.2, -0.15) is 0 Å². The second-order valence-corrected chi connectivity index (χ2v) is 3.25. The van der Waals surface area contributed by atoms with Crippen molar-refractivity contribution in [2.45, 2.75) is 0 Å². The molecule has 0 fully saturated rings. The van der Waals surface area contributed by atoms with Crippen LogP contribution in [0.15, 0.2) is 48.5 Å². The molecule has 0 aliphatic heterocycles. The molecule has 15 heavy (non-hydrogen) atoms. The van der Waals surface area contributed by atoms with Gasteiger partial charge in [0.1, 0.15) is 12.1 Å². The molecule has 0 N–H and O–H groups in total. The molecule has 0 radical (unpaired) electrons. The van der Waals surface area contributed by atoms with E-state index in [9.17, 15) is 9.18 Å². The fourth-order valence-corrected chi connectivity index (χ4v) is 1.46. The third-order valence-electron chi connectivity index (χ3n) is 2.18. The molecule has 2 rings (SSSR count). The third kappa shape index (κ3) is 2.10. The molecule has 0 aliphatic carbocycles. The van der Waals surface area contributed by atoms with Crippen molar-refractivity contribution in [1.82, 2.24) is 0 Å². The Morgan fingerprint density at radius 3 is 2.27 bits per heavy atom. The zero-order chi connectivity index (χ0) is 10.7. The maximum Gasteiger partial charge on any atom is 0.150 e. The molecule has 2 aromatic rings. The van der Waals surface area contributed by atoms with Crippen molar-refractivity contribution in [2.75, 3.05) is 0 Å². The van der Waals surface area contributed by atoms with Gasteiger partial charge in [0, 0.05) is 5.56 Å². The third-order valence-corrected chi connectivity index (χ3v) is 2.18. The largest absolute Gasteiger partial charge is 0.298 e. The molecule has 0 atom stereocenters. The van der Waals surface area contributed by atoms with Crippen LogP contribution in [0, 0.1) is 5.82 Å². The summed E-state index contributed by atoms with van der Waals surface area (Å²) in [4.78, 5) is 10.6. The lowest BCUT2D eigenvalue weighted by Crippen LogP contribution is -1.83. The molecule has 0 bridgehead atoms. The van der Waals surface area contributed by atoms with Crippen molar-refractivity contribution in [2.24, 2.45) is 0 Å². The van der Waals surface area contributed by atoms with E-state index in [-0.39, 0.29) is 5.82 Å². The van der Waals surface area contributed by atoms with Crippen LogP contribution in [0.4, 0.5) is 4.39 Å². The second kappa shape index (κ2) is 4.05. The SMILES string of the molecule is O=Cc1cccc(-c2cccc(F)c2)c1. The van der Waals surface area contributed by atoms with Crippen LogP contribution in [0.1, 0.15) is 10.4 Å². The van der Waals surface area contributed by atoms with Gasteiger partial charge in [0.05, 0.1) is 0 Å². The standard InChI is InChI=1S/C13H9FO/c14-13-6-2-5-12(8-13)11-4-1-3-10(7-11)9-15/h1-9H. The first-order chi connectivity index (χ1) is 7.29. The van der Waals surface area contributed by atoms with E-state index in [4.69, 9.17) is 0 Å². The summed E-state index contributed by atoms with van der Waals surface area (Å²) in [7, 11) is 0. The van der Waals surface area contributed by atoms with Crippen LogP contribution < -0.4 is 0 Å². The molecule has 0 heterocycles. The molecule has 0 saturated carbocycles. The van der Waals surface area contributed by atoms with Gasteiger partial charge in [0.2, 0.25) is 0 Å². The first kappa shape index (κ1) is 9.59. The minimum absolute atomic E-state index is 0.274. The molecular weight excluding hydrogens is 191 g/mol. The van der Waals surface area contributed by atoms with Gasteiger partial charge in [-0.15, -0.1) is 0 Å². The molecule has 0 saturated heterocycles. The lowest BCUT2D eigenvalue weighted by atomic mass is 10.0. The lowest BCUT2D eigenvalue weighted by molar-refractivity contribution is 0.112. The summed E-state index contributed by atoms with van der Waals surface area (Å²) in [5.74, 6) is -0.274. The normalized spacial score (nSPS) is 9.93. The van der Waals surface area contributed by atoms with E-state index in [1.807, 2.05) is 12.1 Å². The predicted octanol–water partition coefficient (Wildman–Crippen LogP) is 3.31. The highest BCUT2D eigenvalue weighted by atomic mass is 19.1. The van der Waals surface area contributed by atoms with E-state index in [2.05, 4.69) is 0 Å². The first-order valence-electron chi connectivity index (χ1n) is 4.61. The predicted molar refractivity (Wildman–Crippen MR) is 57.2 cm³/mol. The fraction of sp³-hybridized carbons (Fsp3) is 0. The van der Waals surface area contributed by atoms with Gasteiger partial charge in [0.25, 0.3) is 0 Å². The van der Waals surface area contributed by atoms with Crippen molar-refractivity contribution >= 4 is 6.29 Å². The molecule has 74 valence electrons. The molecule has 2 aromatic carbocycles. The number of aldehydes is 1. The Morgan fingerprint density at radius 2 is 1.60 bits per heavy atom. The van der Waals surface area contributed by atoms with Gasteiger partial charge in [-0.3, -0.25) is 4.79 Å². The first-order valence-corrected chi connectivity index (χ1v) is 4.61. The topological polar surface area (TPSA) is 17.1 Å². The van der Waals surface area contributed by atoms with Crippen LogP contribution in [-0.2, 0) is 0 Å². The minimum atomic E-state index is -0.274. The second-order valence-electron chi connectivity index (χ2n) is 3.25. The Labute approximate surface area is 87.2 Å². The van der Waals surface area contributed by atoms with Crippen LogP contribution in [0.3, 0.4) is 0 Å². The number of carbonyl (C=O) groups excluding carboxylic acids is 1. The molecular formula is C13H9FO. The van der Waals surface area contributed by atoms with Crippen molar-refractivity contribution in [3.63, 3.8) is 0 Å². The summed E-state index contributed by atoms with van der Waals surface area (Å²) in [6.45, 7) is 0. The summed E-state index contributed by atoms with van der Waals surface area (Å²) < 4.78 is 13.0. The molecule has 2 heteroatoms. The van der Waals surface area contributed by atoms with E-state index in [1.165, 1.54) is 12.1 Å². The minimum Gasteiger partial charge on any atom is -0.298 e. The smallest absolute Gasteiger partial charge is 0.150 e. The highest BCUT2D eigenvalue weighted by Gasteiger charge is 1.99. The summed E-state index contributed by atoms with van der Waals surface area (Å²) in [6, 6.07) is 13.4. The maximum absolute atomic E-state index is 13.0. The lowest BCUT2D eigenvalue weighted by Gasteiger charge is -2.01. The average molecular weight is 200 g/mol. The molecule has 0 aromatic heterocycles. The van der Waals surface area contributed by atoms with Gasteiger partial charge in [-0.25, -0.2) is 4.39 Å². The van der Waals surface area contributed by atoms with Crippen LogP contribution in [0.5, 0.6) is 0 Å². The number of hydrogen-bond acceptors (Lipinski definition) is 1. The molecule has 0 spiro atoms. The van der Waals surface area contributed by atoms with Crippen molar-refractivity contribution in [1.29, 1.82) is 0 Å². The van der Waals surface area contributed by atoms with E-state index < -0.39 is 0 Å². The monoisotopic (exact) mass is 200 g/mol. The molecule has 0 unspecified atom stereocenters. The molecule has 0 aliphatic rings. The van der Waals surface area contributed by atoms with Gasteiger partial charge in [-0.1, -0.05) is 30.3 Å². The number of carbonyl (C=O) groups is 1. The summed E-state index contributed by atoms with van der Waals surface area (Å²) in [5, 5.41) is 0. The fourth-order valence-electron chi connectivity index (χ4n) is 1.46. The van der Waals surface area contributed by atoms with Crippen LogP contribution in [0.2, 0.25) is 0 Å². The Kier molecular flexibility index (Phi) is 2.59. The van der Waals surface area contributed by atoms with Crippen LogP contribution in [0.25, 0.3) is 11.1 Å². The summed E-state index contributed by atoms with van der Waals surface area (Å²) >= 11 is 0. The van der Waals surface area contributed by atoms with Crippen molar-refractivity contribution < 1.29 is 9.18 Å². The van der Waals surface area contributed by atoms with Crippen LogP contribution >= 0.6 is 0 Å². The number of rotatable bonds is 2.